The van der Waals surface area contributed by atoms with Gasteiger partial charge in [0.1, 0.15) is 5.75 Å². The van der Waals surface area contributed by atoms with Gasteiger partial charge in [-0.1, -0.05) is 13.0 Å². The van der Waals surface area contributed by atoms with Gasteiger partial charge in [-0.2, -0.15) is 0 Å². The van der Waals surface area contributed by atoms with Gasteiger partial charge in [0.05, 0.1) is 5.56 Å². The topological polar surface area (TPSA) is 63.2 Å². The first kappa shape index (κ1) is 18.3. The second-order valence-corrected chi connectivity index (χ2v) is 6.56. The van der Waals surface area contributed by atoms with Crippen LogP contribution in [0.5, 0.6) is 11.6 Å². The molecule has 1 aromatic carbocycles. The summed E-state index contributed by atoms with van der Waals surface area (Å²) in [6, 6.07) is 8.20. The molecule has 1 aromatic heterocycles. The van der Waals surface area contributed by atoms with E-state index < -0.39 is 6.43 Å². The number of nitrogens with zero attached hydrogens (tertiary/aromatic N) is 1. The Labute approximate surface area is 150 Å². The number of carbonyl (C=O) groups is 1. The molecule has 0 bridgehead atoms. The van der Waals surface area contributed by atoms with Gasteiger partial charge in [-0.15, -0.1) is 0 Å². The highest BCUT2D eigenvalue weighted by Gasteiger charge is 2.35. The minimum atomic E-state index is -2.66. The fourth-order valence-electron chi connectivity index (χ4n) is 3.38. The smallest absolute Gasteiger partial charge is 0.269 e. The molecule has 7 heteroatoms. The highest BCUT2D eigenvalue weighted by molar-refractivity contribution is 5.80. The number of benzene rings is 1. The largest absolute Gasteiger partial charge is 0.439 e. The summed E-state index contributed by atoms with van der Waals surface area (Å²) in [5.74, 6) is 0.0978. The van der Waals surface area contributed by atoms with Crippen molar-refractivity contribution in [2.75, 3.05) is 0 Å². The third kappa shape index (κ3) is 3.53. The van der Waals surface area contributed by atoms with Crippen molar-refractivity contribution in [1.82, 2.24) is 15.8 Å². The number of pyridine rings is 1. The number of ether oxygens (including phenoxy) is 1. The van der Waals surface area contributed by atoms with Crippen LogP contribution in [-0.4, -0.2) is 16.9 Å². The number of aryl methyl sites for hydroxylation is 1. The first-order valence-electron chi connectivity index (χ1n) is 8.45. The molecule has 0 spiro atoms. The number of hydrazine groups is 1. The third-order valence-corrected chi connectivity index (χ3v) is 4.76. The maximum atomic E-state index is 13.1. The van der Waals surface area contributed by atoms with E-state index in [1.807, 2.05) is 26.8 Å². The van der Waals surface area contributed by atoms with Crippen molar-refractivity contribution in [2.45, 2.75) is 39.2 Å². The van der Waals surface area contributed by atoms with Gasteiger partial charge in [-0.3, -0.25) is 10.2 Å². The van der Waals surface area contributed by atoms with Crippen molar-refractivity contribution in [3.63, 3.8) is 0 Å². The lowest BCUT2D eigenvalue weighted by molar-refractivity contribution is -0.129. The number of hydrogen-bond acceptors (Lipinski definition) is 4. The SMILES string of the molecule is Cc1cc(Oc2ncccc2C(F)F)ccc1C1C(C)NNC(=O)C1C. The molecule has 3 unspecified atom stereocenters. The van der Waals surface area contributed by atoms with E-state index in [2.05, 4.69) is 15.8 Å². The second-order valence-electron chi connectivity index (χ2n) is 6.56. The normalized spacial score (nSPS) is 23.0. The molecule has 3 atom stereocenters. The van der Waals surface area contributed by atoms with Crippen molar-refractivity contribution >= 4 is 5.91 Å². The molecular formula is C19H21F2N3O2. The zero-order valence-corrected chi connectivity index (χ0v) is 14.8. The quantitative estimate of drug-likeness (QED) is 0.868. The van der Waals surface area contributed by atoms with Crippen LogP contribution in [0.25, 0.3) is 0 Å². The lowest BCUT2D eigenvalue weighted by atomic mass is 9.79. The maximum absolute atomic E-state index is 13.1. The van der Waals surface area contributed by atoms with Crippen LogP contribution >= 0.6 is 0 Å². The summed E-state index contributed by atoms with van der Waals surface area (Å²) in [4.78, 5) is 15.9. The van der Waals surface area contributed by atoms with E-state index in [1.54, 1.807) is 12.1 Å². The van der Waals surface area contributed by atoms with Gasteiger partial charge in [0.15, 0.2) is 0 Å². The number of hydrogen-bond donors (Lipinski definition) is 2. The van der Waals surface area contributed by atoms with E-state index in [-0.39, 0.29) is 35.2 Å². The van der Waals surface area contributed by atoms with Gasteiger partial charge < -0.3 is 4.74 Å². The van der Waals surface area contributed by atoms with Gasteiger partial charge in [-0.25, -0.2) is 19.2 Å². The van der Waals surface area contributed by atoms with Gasteiger partial charge in [-0.05, 0) is 49.2 Å². The monoisotopic (exact) mass is 361 g/mol. The van der Waals surface area contributed by atoms with Crippen LogP contribution < -0.4 is 15.6 Å². The Morgan fingerprint density at radius 1 is 1.23 bits per heavy atom. The van der Waals surface area contributed by atoms with Crippen LogP contribution in [0.1, 0.15) is 42.9 Å². The molecular weight excluding hydrogens is 340 g/mol. The fraction of sp³-hybridized carbons (Fsp3) is 0.368. The third-order valence-electron chi connectivity index (χ3n) is 4.76. The first-order valence-corrected chi connectivity index (χ1v) is 8.45. The summed E-state index contributed by atoms with van der Waals surface area (Å²) in [5, 5.41) is 0. The molecule has 138 valence electrons. The Morgan fingerprint density at radius 2 is 2.00 bits per heavy atom. The summed E-state index contributed by atoms with van der Waals surface area (Å²) >= 11 is 0. The average molecular weight is 361 g/mol. The Morgan fingerprint density at radius 3 is 2.69 bits per heavy atom. The molecule has 0 aliphatic carbocycles. The molecule has 5 nitrogen and oxygen atoms in total. The molecule has 1 saturated heterocycles. The summed E-state index contributed by atoms with van der Waals surface area (Å²) in [6.07, 6.45) is -1.24. The van der Waals surface area contributed by atoms with Crippen LogP contribution in [0.15, 0.2) is 36.5 Å². The number of carbonyl (C=O) groups excluding carboxylic acids is 1. The van der Waals surface area contributed by atoms with Gasteiger partial charge in [0.25, 0.3) is 6.43 Å². The number of amides is 1. The zero-order valence-electron chi connectivity index (χ0n) is 14.8. The van der Waals surface area contributed by atoms with E-state index in [4.69, 9.17) is 4.74 Å². The van der Waals surface area contributed by atoms with Crippen molar-refractivity contribution in [1.29, 1.82) is 0 Å². The number of rotatable bonds is 4. The highest BCUT2D eigenvalue weighted by Crippen LogP contribution is 2.36. The van der Waals surface area contributed by atoms with E-state index in [9.17, 15) is 13.6 Å². The van der Waals surface area contributed by atoms with E-state index in [0.29, 0.717) is 5.75 Å². The number of halogens is 2. The Bertz CT molecular complexity index is 813. The van der Waals surface area contributed by atoms with Crippen molar-refractivity contribution < 1.29 is 18.3 Å². The first-order chi connectivity index (χ1) is 12.4. The highest BCUT2D eigenvalue weighted by atomic mass is 19.3. The molecule has 2 heterocycles. The second kappa shape index (κ2) is 7.37. The van der Waals surface area contributed by atoms with Crippen LogP contribution in [0.2, 0.25) is 0 Å². The summed E-state index contributed by atoms with van der Waals surface area (Å²) in [7, 11) is 0. The van der Waals surface area contributed by atoms with Crippen LogP contribution in [0, 0.1) is 12.8 Å². The predicted molar refractivity (Wildman–Crippen MR) is 93.1 cm³/mol. The summed E-state index contributed by atoms with van der Waals surface area (Å²) < 4.78 is 31.7. The molecule has 0 radical (unpaired) electrons. The van der Waals surface area contributed by atoms with Crippen molar-refractivity contribution in [3.8, 4) is 11.6 Å². The van der Waals surface area contributed by atoms with Gasteiger partial charge in [0.2, 0.25) is 11.8 Å². The molecule has 1 aliphatic rings. The van der Waals surface area contributed by atoms with Crippen molar-refractivity contribution in [2.24, 2.45) is 5.92 Å². The van der Waals surface area contributed by atoms with Crippen LogP contribution in [-0.2, 0) is 4.79 Å². The van der Waals surface area contributed by atoms with E-state index in [0.717, 1.165) is 11.1 Å². The molecule has 2 aromatic rings. The van der Waals surface area contributed by atoms with Crippen molar-refractivity contribution in [3.05, 3.63) is 53.2 Å². The molecule has 3 rings (SSSR count). The number of nitrogens with one attached hydrogen (secondary N) is 2. The van der Waals surface area contributed by atoms with Crippen LogP contribution in [0.3, 0.4) is 0 Å². The molecule has 26 heavy (non-hydrogen) atoms. The Kier molecular flexibility index (Phi) is 5.18. The summed E-state index contributed by atoms with van der Waals surface area (Å²) in [5.41, 5.74) is 7.36. The average Bonchev–Trinajstić information content (AvgIpc) is 2.60. The fourth-order valence-corrected chi connectivity index (χ4v) is 3.38. The van der Waals surface area contributed by atoms with E-state index >= 15 is 0 Å². The summed E-state index contributed by atoms with van der Waals surface area (Å²) in [6.45, 7) is 5.82. The lowest BCUT2D eigenvalue weighted by Crippen LogP contribution is -2.55. The van der Waals surface area contributed by atoms with Crippen LogP contribution in [0.4, 0.5) is 8.78 Å². The number of alkyl halides is 2. The molecule has 1 fully saturated rings. The molecule has 1 amide bonds. The Hall–Kier alpha value is -2.54. The van der Waals surface area contributed by atoms with Gasteiger partial charge in [0, 0.05) is 24.1 Å². The minimum Gasteiger partial charge on any atom is -0.439 e. The minimum absolute atomic E-state index is 0.00396. The Balaban J connectivity index is 1.88. The standard InChI is InChI=1S/C19H21F2N3O2/c1-10-9-13(26-19-15(17(20)21)5-4-8-22-19)6-7-14(10)16-11(2)18(25)24-23-12(16)3/h4-9,11-12,16-17,23H,1-3H3,(H,24,25). The number of aromatic nitrogens is 1. The van der Waals surface area contributed by atoms with E-state index in [1.165, 1.54) is 18.3 Å². The molecule has 1 aliphatic heterocycles. The van der Waals surface area contributed by atoms with Gasteiger partial charge >= 0.3 is 0 Å². The zero-order chi connectivity index (χ0) is 18.8. The molecule has 2 N–H and O–H groups in total. The predicted octanol–water partition coefficient (Wildman–Crippen LogP) is 3.86. The molecule has 0 saturated carbocycles. The maximum Gasteiger partial charge on any atom is 0.269 e. The lowest BCUT2D eigenvalue weighted by Gasteiger charge is -2.36.